The maximum atomic E-state index is 13.1. The van der Waals surface area contributed by atoms with Crippen LogP contribution in [-0.2, 0) is 6.42 Å². The third-order valence-corrected chi connectivity index (χ3v) is 8.43. The lowest BCUT2D eigenvalue weighted by Crippen LogP contribution is -2.58. The topological polar surface area (TPSA) is 86.8 Å². The molecule has 5 heterocycles. The number of nitrogens with one attached hydrogen (secondary N) is 2. The van der Waals surface area contributed by atoms with Gasteiger partial charge in [0.2, 0.25) is 0 Å². The lowest BCUT2D eigenvalue weighted by Gasteiger charge is -2.40. The largest absolute Gasteiger partial charge is 0.493 e. The molecule has 3 fully saturated rings. The molecule has 1 aromatic heterocycles. The van der Waals surface area contributed by atoms with Gasteiger partial charge in [0.25, 0.3) is 11.8 Å². The third-order valence-electron chi connectivity index (χ3n) is 8.43. The molecule has 2 amide bonds. The standard InChI is InChI=1S/C28H35N5O3/c1-3-32-15-21(16-32)31-27(34)19-5-9-25(29-14-19)33-22-6-7-23(33)13-20(12-22)30-28(35)24-8-4-18-10-11-36-26(18)17(24)2/h4-5,8-9,14,20-23H,3,6-7,10-13,15-16H2,1-2H3,(H,30,35)(H,31,34). The molecule has 8 heteroatoms. The summed E-state index contributed by atoms with van der Waals surface area (Å²) in [4.78, 5) is 35.1. The second kappa shape index (κ2) is 9.39. The van der Waals surface area contributed by atoms with Crippen LogP contribution in [-0.4, -0.2) is 72.1 Å². The molecule has 0 aliphatic carbocycles. The number of pyridine rings is 1. The summed E-state index contributed by atoms with van der Waals surface area (Å²) in [5, 5.41) is 6.40. The molecule has 0 saturated carbocycles. The second-order valence-corrected chi connectivity index (χ2v) is 10.7. The summed E-state index contributed by atoms with van der Waals surface area (Å²) < 4.78 is 5.76. The average molecular weight is 490 g/mol. The number of fused-ring (bicyclic) bond motifs is 3. The van der Waals surface area contributed by atoms with Crippen molar-refractivity contribution in [3.63, 3.8) is 0 Å². The first kappa shape index (κ1) is 23.3. The number of ether oxygens (including phenoxy) is 1. The number of anilines is 1. The van der Waals surface area contributed by atoms with Gasteiger partial charge in [-0.05, 0) is 62.9 Å². The zero-order valence-corrected chi connectivity index (χ0v) is 21.1. The molecule has 0 radical (unpaired) electrons. The van der Waals surface area contributed by atoms with Crippen LogP contribution in [0.15, 0.2) is 30.5 Å². The van der Waals surface area contributed by atoms with Gasteiger partial charge in [-0.25, -0.2) is 4.98 Å². The van der Waals surface area contributed by atoms with Crippen molar-refractivity contribution in [2.45, 2.75) is 70.1 Å². The average Bonchev–Trinajstić information content (AvgIpc) is 3.44. The van der Waals surface area contributed by atoms with Crippen LogP contribution in [0.25, 0.3) is 0 Å². The molecule has 2 aromatic rings. The van der Waals surface area contributed by atoms with Gasteiger partial charge in [0, 0.05) is 55.0 Å². The van der Waals surface area contributed by atoms with Crippen LogP contribution in [0.4, 0.5) is 5.82 Å². The Hall–Kier alpha value is -3.13. The maximum absolute atomic E-state index is 13.1. The van der Waals surface area contributed by atoms with Crippen LogP contribution < -0.4 is 20.3 Å². The first-order valence-electron chi connectivity index (χ1n) is 13.3. The predicted molar refractivity (Wildman–Crippen MR) is 138 cm³/mol. The predicted octanol–water partition coefficient (Wildman–Crippen LogP) is 2.69. The quantitative estimate of drug-likeness (QED) is 0.649. The number of carbonyl (C=O) groups is 2. The molecule has 6 rings (SSSR count). The highest BCUT2D eigenvalue weighted by Crippen LogP contribution is 2.39. The summed E-state index contributed by atoms with van der Waals surface area (Å²) in [6.07, 6.45) is 6.62. The minimum atomic E-state index is -0.0496. The number of rotatable bonds is 6. The van der Waals surface area contributed by atoms with Crippen molar-refractivity contribution < 1.29 is 14.3 Å². The summed E-state index contributed by atoms with van der Waals surface area (Å²) in [5.41, 5.74) is 3.45. The lowest BCUT2D eigenvalue weighted by atomic mass is 9.96. The number of hydrogen-bond donors (Lipinski definition) is 2. The number of nitrogens with zero attached hydrogens (tertiary/aromatic N) is 3. The molecule has 36 heavy (non-hydrogen) atoms. The SMILES string of the molecule is CCN1CC(NC(=O)c2ccc(N3C4CCC3CC(NC(=O)c3ccc5c(c3C)OCC5)C4)nc2)C1. The Kier molecular flexibility index (Phi) is 6.07. The second-order valence-electron chi connectivity index (χ2n) is 10.7. The summed E-state index contributed by atoms with van der Waals surface area (Å²) in [6, 6.07) is 8.91. The minimum absolute atomic E-state index is 0.00865. The number of hydrogen-bond acceptors (Lipinski definition) is 6. The van der Waals surface area contributed by atoms with Gasteiger partial charge in [-0.3, -0.25) is 14.5 Å². The van der Waals surface area contributed by atoms with E-state index in [4.69, 9.17) is 4.74 Å². The highest BCUT2D eigenvalue weighted by molar-refractivity contribution is 5.97. The van der Waals surface area contributed by atoms with E-state index in [0.717, 1.165) is 68.9 Å². The fraction of sp³-hybridized carbons (Fsp3) is 0.536. The first-order valence-corrected chi connectivity index (χ1v) is 13.3. The zero-order valence-electron chi connectivity index (χ0n) is 21.1. The number of amides is 2. The van der Waals surface area contributed by atoms with Gasteiger partial charge >= 0.3 is 0 Å². The molecule has 4 aliphatic rings. The molecule has 4 aliphatic heterocycles. The Labute approximate surface area is 212 Å². The van der Waals surface area contributed by atoms with E-state index < -0.39 is 0 Å². The van der Waals surface area contributed by atoms with Crippen molar-refractivity contribution in [3.05, 3.63) is 52.7 Å². The minimum Gasteiger partial charge on any atom is -0.493 e. The monoisotopic (exact) mass is 489 g/mol. The molecule has 2 atom stereocenters. The van der Waals surface area contributed by atoms with E-state index in [1.807, 2.05) is 31.2 Å². The molecule has 2 unspecified atom stereocenters. The molecule has 8 nitrogen and oxygen atoms in total. The molecule has 3 saturated heterocycles. The van der Waals surface area contributed by atoms with Crippen LogP contribution in [0.5, 0.6) is 5.75 Å². The number of benzene rings is 1. The number of carbonyl (C=O) groups excluding carboxylic acids is 2. The highest BCUT2D eigenvalue weighted by atomic mass is 16.5. The fourth-order valence-corrected chi connectivity index (χ4v) is 6.45. The number of aromatic nitrogens is 1. The van der Waals surface area contributed by atoms with E-state index >= 15 is 0 Å². The lowest BCUT2D eigenvalue weighted by molar-refractivity contribution is 0.0824. The van der Waals surface area contributed by atoms with Gasteiger partial charge < -0.3 is 20.3 Å². The molecule has 2 bridgehead atoms. The highest BCUT2D eigenvalue weighted by Gasteiger charge is 2.42. The van der Waals surface area contributed by atoms with Crippen LogP contribution in [0.3, 0.4) is 0 Å². The summed E-state index contributed by atoms with van der Waals surface area (Å²) in [7, 11) is 0. The van der Waals surface area contributed by atoms with Gasteiger partial charge in [-0.2, -0.15) is 0 Å². The number of piperidine rings is 1. The van der Waals surface area contributed by atoms with E-state index in [2.05, 4.69) is 32.3 Å². The van der Waals surface area contributed by atoms with Crippen molar-refractivity contribution in [3.8, 4) is 5.75 Å². The number of likely N-dealkylation sites (tertiary alicyclic amines) is 1. The Morgan fingerprint density at radius 2 is 1.78 bits per heavy atom. The molecule has 2 N–H and O–H groups in total. The van der Waals surface area contributed by atoms with E-state index in [1.165, 1.54) is 5.56 Å². The van der Waals surface area contributed by atoms with Gasteiger partial charge in [0.1, 0.15) is 11.6 Å². The van der Waals surface area contributed by atoms with Gasteiger partial charge in [-0.15, -0.1) is 0 Å². The van der Waals surface area contributed by atoms with Crippen molar-refractivity contribution >= 4 is 17.6 Å². The summed E-state index contributed by atoms with van der Waals surface area (Å²) >= 11 is 0. The first-order chi connectivity index (χ1) is 17.5. The Balaban J connectivity index is 1.07. The van der Waals surface area contributed by atoms with Gasteiger partial charge in [0.05, 0.1) is 18.2 Å². The summed E-state index contributed by atoms with van der Waals surface area (Å²) in [5.74, 6) is 1.75. The molecular weight excluding hydrogens is 454 g/mol. The molecule has 190 valence electrons. The zero-order chi connectivity index (χ0) is 24.8. The Morgan fingerprint density at radius 3 is 2.47 bits per heavy atom. The number of likely N-dealkylation sites (N-methyl/N-ethyl adjacent to an activating group) is 1. The summed E-state index contributed by atoms with van der Waals surface area (Å²) in [6.45, 7) is 7.67. The van der Waals surface area contributed by atoms with Gasteiger partial charge in [-0.1, -0.05) is 13.0 Å². The van der Waals surface area contributed by atoms with Crippen molar-refractivity contribution in [2.24, 2.45) is 0 Å². The van der Waals surface area contributed by atoms with E-state index in [-0.39, 0.29) is 23.9 Å². The molecule has 1 aromatic carbocycles. The van der Waals surface area contributed by atoms with E-state index in [0.29, 0.717) is 29.8 Å². The normalized spacial score (nSPS) is 25.2. The van der Waals surface area contributed by atoms with Crippen LogP contribution >= 0.6 is 0 Å². The van der Waals surface area contributed by atoms with Crippen LogP contribution in [0.2, 0.25) is 0 Å². The molecule has 0 spiro atoms. The smallest absolute Gasteiger partial charge is 0.253 e. The van der Waals surface area contributed by atoms with E-state index in [9.17, 15) is 9.59 Å². The fourth-order valence-electron chi connectivity index (χ4n) is 6.45. The van der Waals surface area contributed by atoms with Crippen LogP contribution in [0.1, 0.15) is 64.4 Å². The van der Waals surface area contributed by atoms with Gasteiger partial charge in [0.15, 0.2) is 0 Å². The third kappa shape index (κ3) is 4.21. The van der Waals surface area contributed by atoms with Crippen molar-refractivity contribution in [1.29, 1.82) is 0 Å². The molecular formula is C28H35N5O3. The Morgan fingerprint density at radius 1 is 1.03 bits per heavy atom. The maximum Gasteiger partial charge on any atom is 0.253 e. The Bertz CT molecular complexity index is 1150. The van der Waals surface area contributed by atoms with Crippen LogP contribution in [0, 0.1) is 6.92 Å². The van der Waals surface area contributed by atoms with Crippen molar-refractivity contribution in [1.82, 2.24) is 20.5 Å². The van der Waals surface area contributed by atoms with Crippen molar-refractivity contribution in [2.75, 3.05) is 31.1 Å². The van der Waals surface area contributed by atoms with E-state index in [1.54, 1.807) is 6.20 Å².